The van der Waals surface area contributed by atoms with Crippen molar-refractivity contribution in [3.8, 4) is 11.5 Å². The molecule has 0 amide bonds. The number of hydrogen-bond acceptors (Lipinski definition) is 5. The molecule has 5 rings (SSSR count). The molecule has 0 saturated heterocycles. The molecule has 5 heteroatoms. The molecule has 0 saturated carbocycles. The van der Waals surface area contributed by atoms with Gasteiger partial charge in [0.05, 0.1) is 5.56 Å². The van der Waals surface area contributed by atoms with Crippen LogP contribution in [0.5, 0.6) is 11.5 Å². The lowest BCUT2D eigenvalue weighted by molar-refractivity contribution is 0.0224. The van der Waals surface area contributed by atoms with E-state index in [1.807, 2.05) is 49.4 Å². The number of aryl methyl sites for hydroxylation is 1. The number of ether oxygens (including phenoxy) is 2. The summed E-state index contributed by atoms with van der Waals surface area (Å²) in [6.45, 7) is 18.1. The summed E-state index contributed by atoms with van der Waals surface area (Å²) in [4.78, 5) is 15.5. The molecule has 200 valence electrons. The van der Waals surface area contributed by atoms with Crippen LogP contribution in [0.1, 0.15) is 67.2 Å². The molecular formula is C34H36N2O3. The van der Waals surface area contributed by atoms with Crippen LogP contribution in [0.4, 0.5) is 11.4 Å². The van der Waals surface area contributed by atoms with Crippen LogP contribution in [-0.4, -0.2) is 19.1 Å². The molecule has 5 nitrogen and oxygen atoms in total. The van der Waals surface area contributed by atoms with Gasteiger partial charge in [0.2, 0.25) is 0 Å². The topological polar surface area (TPSA) is 50.8 Å². The number of nitrogens with zero attached hydrogens (tertiary/aromatic N) is 1. The van der Waals surface area contributed by atoms with Gasteiger partial charge in [0.25, 0.3) is 0 Å². The lowest BCUT2D eigenvalue weighted by Gasteiger charge is -2.37. The second-order valence-corrected chi connectivity index (χ2v) is 10.3. The zero-order valence-corrected chi connectivity index (χ0v) is 23.6. The highest BCUT2D eigenvalue weighted by molar-refractivity contribution is 5.97. The van der Waals surface area contributed by atoms with Gasteiger partial charge in [0.15, 0.2) is 5.60 Å². The van der Waals surface area contributed by atoms with Crippen molar-refractivity contribution in [2.24, 2.45) is 0 Å². The largest absolute Gasteiger partial charge is 0.456 e. The highest BCUT2D eigenvalue weighted by Gasteiger charge is 2.53. The monoisotopic (exact) mass is 520 g/mol. The summed E-state index contributed by atoms with van der Waals surface area (Å²) in [6.07, 6.45) is 3.95. The number of rotatable bonds is 7. The van der Waals surface area contributed by atoms with E-state index in [0.29, 0.717) is 17.1 Å². The number of allylic oxidation sites excluding steroid dienone is 5. The van der Waals surface area contributed by atoms with Gasteiger partial charge in [0, 0.05) is 52.9 Å². The highest BCUT2D eigenvalue weighted by atomic mass is 16.6. The molecule has 1 spiro atoms. The number of benzene rings is 3. The Morgan fingerprint density at radius 1 is 0.974 bits per heavy atom. The van der Waals surface area contributed by atoms with Gasteiger partial charge in [-0.1, -0.05) is 42.5 Å². The number of hydrogen-bond donors (Lipinski definition) is 1. The summed E-state index contributed by atoms with van der Waals surface area (Å²) < 4.78 is 13.0. The maximum absolute atomic E-state index is 13.3. The third-order valence-corrected chi connectivity index (χ3v) is 7.85. The second-order valence-electron chi connectivity index (χ2n) is 10.3. The van der Waals surface area contributed by atoms with E-state index in [2.05, 4.69) is 75.7 Å². The molecule has 1 N–H and O–H groups in total. The molecule has 0 aromatic heterocycles. The fourth-order valence-electron chi connectivity index (χ4n) is 5.54. The maximum atomic E-state index is 13.3. The Kier molecular flexibility index (Phi) is 6.85. The van der Waals surface area contributed by atoms with Crippen LogP contribution in [0, 0.1) is 6.92 Å². The first-order chi connectivity index (χ1) is 18.7. The third-order valence-electron chi connectivity index (χ3n) is 7.85. The van der Waals surface area contributed by atoms with Crippen LogP contribution >= 0.6 is 0 Å². The molecular weight excluding hydrogens is 484 g/mol. The summed E-state index contributed by atoms with van der Waals surface area (Å²) in [5.74, 6) is 1.06. The van der Waals surface area contributed by atoms with Gasteiger partial charge in [-0.2, -0.15) is 0 Å². The van der Waals surface area contributed by atoms with Gasteiger partial charge in [0.1, 0.15) is 11.5 Å². The lowest BCUT2D eigenvalue weighted by atomic mass is 9.77. The van der Waals surface area contributed by atoms with E-state index in [1.54, 1.807) is 0 Å². The predicted octanol–water partition coefficient (Wildman–Crippen LogP) is 8.25. The van der Waals surface area contributed by atoms with Crippen LogP contribution in [-0.2, 0) is 10.3 Å². The van der Waals surface area contributed by atoms with E-state index in [-0.39, 0.29) is 5.97 Å². The number of esters is 1. The van der Waals surface area contributed by atoms with Crippen LogP contribution in [0.3, 0.4) is 0 Å². The third kappa shape index (κ3) is 4.32. The van der Waals surface area contributed by atoms with Gasteiger partial charge >= 0.3 is 5.97 Å². The Hall–Kier alpha value is -4.25. The van der Waals surface area contributed by atoms with E-state index in [1.165, 1.54) is 0 Å². The Bertz CT molecular complexity index is 1540. The number of anilines is 2. The minimum Gasteiger partial charge on any atom is -0.456 e. The van der Waals surface area contributed by atoms with Crippen molar-refractivity contribution in [1.29, 1.82) is 0 Å². The van der Waals surface area contributed by atoms with E-state index in [4.69, 9.17) is 9.47 Å². The SMILES string of the molecule is C=C/C(C)=C\C(C)=C(/C)Nc1cc2c(cc1C)Oc1cc(N(CC)CC)ccc1C21OC(=O)c2ccccc21. The number of nitrogens with one attached hydrogen (secondary N) is 1. The molecule has 1 atom stereocenters. The van der Waals surface area contributed by atoms with Crippen molar-refractivity contribution < 1.29 is 14.3 Å². The Morgan fingerprint density at radius 3 is 2.41 bits per heavy atom. The lowest BCUT2D eigenvalue weighted by Crippen LogP contribution is -2.33. The number of carbonyl (C=O) groups excluding carboxylic acids is 1. The highest BCUT2D eigenvalue weighted by Crippen LogP contribution is 2.57. The smallest absolute Gasteiger partial charge is 0.340 e. The first-order valence-corrected chi connectivity index (χ1v) is 13.5. The molecule has 0 fully saturated rings. The van der Waals surface area contributed by atoms with Crippen molar-refractivity contribution in [1.82, 2.24) is 0 Å². The molecule has 0 radical (unpaired) electrons. The molecule has 3 aromatic carbocycles. The Balaban J connectivity index is 1.72. The fourth-order valence-corrected chi connectivity index (χ4v) is 5.54. The summed E-state index contributed by atoms with van der Waals surface area (Å²) in [6, 6.07) is 18.0. The zero-order valence-electron chi connectivity index (χ0n) is 23.6. The molecule has 2 heterocycles. The average Bonchev–Trinajstić information content (AvgIpc) is 3.22. The number of fused-ring (bicyclic) bond motifs is 6. The average molecular weight is 521 g/mol. The zero-order chi connectivity index (χ0) is 27.9. The first kappa shape index (κ1) is 26.4. The summed E-state index contributed by atoms with van der Waals surface area (Å²) >= 11 is 0. The minimum atomic E-state index is -1.10. The quantitative estimate of drug-likeness (QED) is 0.251. The minimum absolute atomic E-state index is 0.329. The summed E-state index contributed by atoms with van der Waals surface area (Å²) in [5, 5.41) is 3.59. The molecule has 3 aromatic rings. The predicted molar refractivity (Wildman–Crippen MR) is 159 cm³/mol. The molecule has 2 aliphatic heterocycles. The molecule has 0 bridgehead atoms. The van der Waals surface area contributed by atoms with E-state index >= 15 is 0 Å². The van der Waals surface area contributed by atoms with Crippen molar-refractivity contribution in [3.63, 3.8) is 0 Å². The van der Waals surface area contributed by atoms with Gasteiger partial charge in [-0.05, 0) is 83.0 Å². The van der Waals surface area contributed by atoms with Gasteiger partial charge < -0.3 is 19.7 Å². The fraction of sp³-hybridized carbons (Fsp3) is 0.265. The van der Waals surface area contributed by atoms with Crippen molar-refractivity contribution in [2.45, 2.75) is 47.1 Å². The second kappa shape index (κ2) is 10.1. The summed E-state index contributed by atoms with van der Waals surface area (Å²) in [7, 11) is 0. The van der Waals surface area contributed by atoms with Gasteiger partial charge in [-0.25, -0.2) is 4.79 Å². The van der Waals surface area contributed by atoms with Crippen molar-refractivity contribution in [2.75, 3.05) is 23.3 Å². The normalized spacial score (nSPS) is 17.9. The van der Waals surface area contributed by atoms with Crippen LogP contribution in [0.15, 0.2) is 90.2 Å². The van der Waals surface area contributed by atoms with Crippen LogP contribution in [0.25, 0.3) is 0 Å². The molecule has 1 unspecified atom stereocenters. The summed E-state index contributed by atoms with van der Waals surface area (Å²) in [5.41, 5.74) is 8.21. The Morgan fingerprint density at radius 2 is 1.69 bits per heavy atom. The van der Waals surface area contributed by atoms with Gasteiger partial charge in [-0.15, -0.1) is 0 Å². The van der Waals surface area contributed by atoms with Crippen LogP contribution in [0.2, 0.25) is 0 Å². The molecule has 2 aliphatic rings. The number of carbonyl (C=O) groups is 1. The van der Waals surface area contributed by atoms with Crippen LogP contribution < -0.4 is 15.0 Å². The maximum Gasteiger partial charge on any atom is 0.340 e. The van der Waals surface area contributed by atoms with E-state index < -0.39 is 5.60 Å². The van der Waals surface area contributed by atoms with E-state index in [0.717, 1.165) is 63.6 Å². The van der Waals surface area contributed by atoms with Crippen molar-refractivity contribution >= 4 is 17.3 Å². The molecule has 0 aliphatic carbocycles. The first-order valence-electron chi connectivity index (χ1n) is 13.5. The van der Waals surface area contributed by atoms with Gasteiger partial charge in [-0.3, -0.25) is 0 Å². The van der Waals surface area contributed by atoms with E-state index in [9.17, 15) is 4.79 Å². The Labute approximate surface area is 231 Å². The standard InChI is InChI=1S/C34H36N2O3/c1-8-21(4)17-22(5)24(7)35-30-20-29-31(18-23(30)6)38-32-19-25(36(9-2)10-3)15-16-28(32)34(29)27-14-12-11-13-26(27)33(37)39-34/h8,11-20,35H,1,9-10H2,2-7H3/b21-17-,24-22+. The van der Waals surface area contributed by atoms with Crippen molar-refractivity contribution in [3.05, 3.63) is 118 Å². The molecule has 39 heavy (non-hydrogen) atoms.